The van der Waals surface area contributed by atoms with E-state index in [-0.39, 0.29) is 6.10 Å². The highest BCUT2D eigenvalue weighted by molar-refractivity contribution is 6.29. The van der Waals surface area contributed by atoms with Crippen molar-refractivity contribution in [3.63, 3.8) is 0 Å². The second kappa shape index (κ2) is 5.95. The second-order valence-electron chi connectivity index (χ2n) is 4.88. The van der Waals surface area contributed by atoms with E-state index >= 15 is 0 Å². The monoisotopic (exact) mass is 269 g/mol. The van der Waals surface area contributed by atoms with E-state index in [1.165, 1.54) is 0 Å². The zero-order chi connectivity index (χ0) is 13.1. The van der Waals surface area contributed by atoms with Crippen molar-refractivity contribution in [3.05, 3.63) is 22.7 Å². The first-order chi connectivity index (χ1) is 8.60. The van der Waals surface area contributed by atoms with Crippen LogP contribution in [-0.4, -0.2) is 41.1 Å². The van der Waals surface area contributed by atoms with Gasteiger partial charge in [0.2, 0.25) is 0 Å². The summed E-state index contributed by atoms with van der Waals surface area (Å²) in [7, 11) is 0. The molecule has 0 spiro atoms. The Labute approximate surface area is 113 Å². The Kier molecular flexibility index (Phi) is 4.54. The lowest BCUT2D eigenvalue weighted by molar-refractivity contribution is -0.0326. The number of nitrogens with zero attached hydrogens (tertiary/aromatic N) is 3. The zero-order valence-electron chi connectivity index (χ0n) is 11.2. The predicted octanol–water partition coefficient (Wildman–Crippen LogP) is 2.65. The van der Waals surface area contributed by atoms with Gasteiger partial charge in [0.25, 0.3) is 0 Å². The van der Waals surface area contributed by atoms with E-state index in [2.05, 4.69) is 35.6 Å². The van der Waals surface area contributed by atoms with Crippen molar-refractivity contribution in [2.24, 2.45) is 0 Å². The van der Waals surface area contributed by atoms with E-state index in [0.717, 1.165) is 31.9 Å². The van der Waals surface area contributed by atoms with Crippen LogP contribution in [0.4, 0.5) is 0 Å². The van der Waals surface area contributed by atoms with Gasteiger partial charge in [-0.3, -0.25) is 4.90 Å². The summed E-state index contributed by atoms with van der Waals surface area (Å²) in [5, 5.41) is 0.501. The molecule has 5 heteroatoms. The van der Waals surface area contributed by atoms with Crippen molar-refractivity contribution < 1.29 is 4.74 Å². The molecule has 0 N–H and O–H groups in total. The van der Waals surface area contributed by atoms with Gasteiger partial charge < -0.3 is 4.74 Å². The molecular weight excluding hydrogens is 250 g/mol. The van der Waals surface area contributed by atoms with Crippen molar-refractivity contribution in [2.75, 3.05) is 26.2 Å². The maximum Gasteiger partial charge on any atom is 0.160 e. The Morgan fingerprint density at radius 2 is 2.28 bits per heavy atom. The van der Waals surface area contributed by atoms with Crippen molar-refractivity contribution in [2.45, 2.75) is 32.8 Å². The summed E-state index contributed by atoms with van der Waals surface area (Å²) in [5.41, 5.74) is 0.974. The maximum absolute atomic E-state index is 6.06. The molecule has 1 aliphatic rings. The Bertz CT molecular complexity index is 411. The summed E-state index contributed by atoms with van der Waals surface area (Å²) in [5.74, 6) is 1.06. The summed E-state index contributed by atoms with van der Waals surface area (Å²) >= 11 is 6.06. The standard InChI is InChI=1S/C13H20ClN3O/c1-4-17-5-6-18-11(8-17)13-15-10(9(2)3)7-12(14)16-13/h7,9,11H,4-6,8H2,1-3H3. The lowest BCUT2D eigenvalue weighted by atomic mass is 10.1. The topological polar surface area (TPSA) is 38.2 Å². The van der Waals surface area contributed by atoms with Crippen molar-refractivity contribution in [3.8, 4) is 0 Å². The van der Waals surface area contributed by atoms with Gasteiger partial charge in [-0.25, -0.2) is 9.97 Å². The molecule has 2 rings (SSSR count). The fraction of sp³-hybridized carbons (Fsp3) is 0.692. The van der Waals surface area contributed by atoms with Crippen LogP contribution in [0.1, 0.15) is 44.3 Å². The largest absolute Gasteiger partial charge is 0.368 e. The van der Waals surface area contributed by atoms with Crippen LogP contribution in [0.15, 0.2) is 6.07 Å². The summed E-state index contributed by atoms with van der Waals surface area (Å²) < 4.78 is 5.76. The Hall–Kier alpha value is -0.710. The van der Waals surface area contributed by atoms with E-state index in [1.54, 1.807) is 0 Å². The van der Waals surface area contributed by atoms with Crippen LogP contribution in [0.5, 0.6) is 0 Å². The number of rotatable bonds is 3. The minimum Gasteiger partial charge on any atom is -0.368 e. The van der Waals surface area contributed by atoms with Gasteiger partial charge in [-0.1, -0.05) is 32.4 Å². The molecule has 1 atom stereocenters. The molecule has 0 radical (unpaired) electrons. The van der Waals surface area contributed by atoms with Crippen LogP contribution in [0.2, 0.25) is 5.15 Å². The molecule has 1 aromatic rings. The van der Waals surface area contributed by atoms with Crippen LogP contribution in [0, 0.1) is 0 Å². The average molecular weight is 270 g/mol. The van der Waals surface area contributed by atoms with Gasteiger partial charge in [-0.15, -0.1) is 0 Å². The van der Waals surface area contributed by atoms with E-state index in [4.69, 9.17) is 16.3 Å². The molecular formula is C13H20ClN3O. The molecule has 0 aliphatic carbocycles. The van der Waals surface area contributed by atoms with E-state index < -0.39 is 0 Å². The molecule has 0 aromatic carbocycles. The van der Waals surface area contributed by atoms with Crippen LogP contribution in [0.3, 0.4) is 0 Å². The van der Waals surface area contributed by atoms with Gasteiger partial charge in [0.1, 0.15) is 11.3 Å². The van der Waals surface area contributed by atoms with Gasteiger partial charge in [0, 0.05) is 18.8 Å². The average Bonchev–Trinajstić information content (AvgIpc) is 2.38. The van der Waals surface area contributed by atoms with Gasteiger partial charge in [-0.05, 0) is 18.5 Å². The lowest BCUT2D eigenvalue weighted by Crippen LogP contribution is -2.38. The first-order valence-corrected chi connectivity index (χ1v) is 6.86. The van der Waals surface area contributed by atoms with Crippen molar-refractivity contribution in [1.82, 2.24) is 14.9 Å². The van der Waals surface area contributed by atoms with E-state index in [0.29, 0.717) is 16.9 Å². The molecule has 0 bridgehead atoms. The Morgan fingerprint density at radius 1 is 1.50 bits per heavy atom. The minimum absolute atomic E-state index is 0.0603. The molecule has 0 saturated carbocycles. The van der Waals surface area contributed by atoms with Crippen LogP contribution < -0.4 is 0 Å². The van der Waals surface area contributed by atoms with Gasteiger partial charge in [-0.2, -0.15) is 0 Å². The third-order valence-electron chi connectivity index (χ3n) is 3.21. The van der Waals surface area contributed by atoms with Crippen LogP contribution >= 0.6 is 11.6 Å². The van der Waals surface area contributed by atoms with Crippen LogP contribution in [0.25, 0.3) is 0 Å². The number of halogens is 1. The second-order valence-corrected chi connectivity index (χ2v) is 5.27. The smallest absolute Gasteiger partial charge is 0.160 e. The molecule has 0 amide bonds. The third kappa shape index (κ3) is 3.19. The number of morpholine rings is 1. The molecule has 18 heavy (non-hydrogen) atoms. The molecule has 4 nitrogen and oxygen atoms in total. The molecule has 2 heterocycles. The molecule has 1 fully saturated rings. The number of ether oxygens (including phenoxy) is 1. The normalized spacial score (nSPS) is 21.5. The summed E-state index contributed by atoms with van der Waals surface area (Å²) in [6, 6.07) is 1.83. The van der Waals surface area contributed by atoms with E-state index in [9.17, 15) is 0 Å². The summed E-state index contributed by atoms with van der Waals surface area (Å²) in [6.45, 7) is 9.92. The number of aromatic nitrogens is 2. The molecule has 1 saturated heterocycles. The van der Waals surface area contributed by atoms with Crippen molar-refractivity contribution >= 4 is 11.6 Å². The highest BCUT2D eigenvalue weighted by Gasteiger charge is 2.24. The Balaban J connectivity index is 2.21. The molecule has 1 unspecified atom stereocenters. The maximum atomic E-state index is 6.06. The summed E-state index contributed by atoms with van der Waals surface area (Å²) in [6.07, 6.45) is -0.0603. The molecule has 100 valence electrons. The van der Waals surface area contributed by atoms with Crippen LogP contribution in [-0.2, 0) is 4.74 Å². The molecule has 1 aromatic heterocycles. The Morgan fingerprint density at radius 3 is 2.94 bits per heavy atom. The van der Waals surface area contributed by atoms with Crippen molar-refractivity contribution in [1.29, 1.82) is 0 Å². The quantitative estimate of drug-likeness (QED) is 0.791. The molecule has 1 aliphatic heterocycles. The number of likely N-dealkylation sites (N-methyl/N-ethyl adjacent to an activating group) is 1. The van der Waals surface area contributed by atoms with Gasteiger partial charge >= 0.3 is 0 Å². The number of hydrogen-bond donors (Lipinski definition) is 0. The first kappa shape index (κ1) is 13.7. The first-order valence-electron chi connectivity index (χ1n) is 6.48. The minimum atomic E-state index is -0.0603. The fourth-order valence-electron chi connectivity index (χ4n) is 2.04. The van der Waals surface area contributed by atoms with Gasteiger partial charge in [0.15, 0.2) is 5.82 Å². The highest BCUT2D eigenvalue weighted by Crippen LogP contribution is 2.23. The predicted molar refractivity (Wildman–Crippen MR) is 71.9 cm³/mol. The zero-order valence-corrected chi connectivity index (χ0v) is 11.9. The van der Waals surface area contributed by atoms with E-state index in [1.807, 2.05) is 6.07 Å². The SMILES string of the molecule is CCN1CCOC(c2nc(Cl)cc(C(C)C)n2)C1. The lowest BCUT2D eigenvalue weighted by Gasteiger charge is -2.31. The number of hydrogen-bond acceptors (Lipinski definition) is 4. The van der Waals surface area contributed by atoms with Gasteiger partial charge in [0.05, 0.1) is 6.61 Å². The summed E-state index contributed by atoms with van der Waals surface area (Å²) in [4.78, 5) is 11.2. The third-order valence-corrected chi connectivity index (χ3v) is 3.40. The highest BCUT2D eigenvalue weighted by atomic mass is 35.5. The fourth-order valence-corrected chi connectivity index (χ4v) is 2.24.